The van der Waals surface area contributed by atoms with Gasteiger partial charge < -0.3 is 5.11 Å². The molecule has 0 aliphatic heterocycles. The molecule has 8 heteroatoms. The predicted molar refractivity (Wildman–Crippen MR) is 114 cm³/mol. The molecule has 1 aliphatic carbocycles. The number of nitrogens with zero attached hydrogens (tertiary/aromatic N) is 3. The van der Waals surface area contributed by atoms with Crippen LogP contribution in [0.15, 0.2) is 40.5 Å². The average Bonchev–Trinajstić information content (AvgIpc) is 3.07. The maximum absolute atomic E-state index is 13.1. The first-order chi connectivity index (χ1) is 13.9. The largest absolute Gasteiger partial charge is 0.508 e. The molecule has 0 saturated carbocycles. The number of hydrogen-bond donors (Lipinski definition) is 2. The van der Waals surface area contributed by atoms with Gasteiger partial charge in [-0.1, -0.05) is 6.92 Å². The number of rotatable bonds is 4. The topological polar surface area (TPSA) is 96.6 Å². The van der Waals surface area contributed by atoms with Crippen molar-refractivity contribution >= 4 is 33.7 Å². The quantitative estimate of drug-likeness (QED) is 0.510. The van der Waals surface area contributed by atoms with E-state index in [1.54, 1.807) is 30.4 Å². The van der Waals surface area contributed by atoms with Gasteiger partial charge in [0.1, 0.15) is 16.6 Å². The Balaban J connectivity index is 1.55. The number of fused-ring (bicyclic) bond motifs is 3. The summed E-state index contributed by atoms with van der Waals surface area (Å²) in [5, 5.41) is 13.9. The van der Waals surface area contributed by atoms with Crippen molar-refractivity contribution in [3.8, 4) is 5.75 Å². The standard InChI is InChI=1S/C21H22N4O3S/c1-12-3-8-16-17(9-12)29-20-18(16)21(28)25(11-22-20)13(2)19(27)24-23-10-14-4-6-15(26)7-5-14/h4-7,10-13,26H,3,8-9H2,1-2H3,(H,24,27)/b23-10+/t12-,13+/m0/s1. The van der Waals surface area contributed by atoms with Crippen molar-refractivity contribution in [3.05, 3.63) is 57.0 Å². The number of hydrogen-bond acceptors (Lipinski definition) is 6. The van der Waals surface area contributed by atoms with E-state index >= 15 is 0 Å². The van der Waals surface area contributed by atoms with Gasteiger partial charge in [-0.15, -0.1) is 11.3 Å². The second-order valence-electron chi connectivity index (χ2n) is 7.49. The zero-order chi connectivity index (χ0) is 20.5. The fourth-order valence-corrected chi connectivity index (χ4v) is 4.91. The third kappa shape index (κ3) is 3.80. The smallest absolute Gasteiger partial charge is 0.263 e. The highest BCUT2D eigenvalue weighted by Crippen LogP contribution is 2.35. The number of aromatic hydroxyl groups is 1. The molecule has 3 aromatic rings. The first kappa shape index (κ1) is 19.3. The molecule has 0 fully saturated rings. The summed E-state index contributed by atoms with van der Waals surface area (Å²) in [7, 11) is 0. The molecule has 1 aliphatic rings. The second-order valence-corrected chi connectivity index (χ2v) is 8.57. The van der Waals surface area contributed by atoms with E-state index in [9.17, 15) is 14.7 Å². The van der Waals surface area contributed by atoms with Gasteiger partial charge in [0.05, 0.1) is 17.9 Å². The maximum Gasteiger partial charge on any atom is 0.263 e. The number of benzene rings is 1. The summed E-state index contributed by atoms with van der Waals surface area (Å²) in [6.45, 7) is 3.88. The van der Waals surface area contributed by atoms with E-state index in [0.717, 1.165) is 35.2 Å². The van der Waals surface area contributed by atoms with Crippen LogP contribution in [0.1, 0.15) is 42.3 Å². The Morgan fingerprint density at radius 1 is 1.41 bits per heavy atom. The van der Waals surface area contributed by atoms with Crippen molar-refractivity contribution in [2.75, 3.05) is 0 Å². The van der Waals surface area contributed by atoms with Gasteiger partial charge in [-0.25, -0.2) is 10.4 Å². The minimum absolute atomic E-state index is 0.159. The molecule has 0 saturated heterocycles. The molecule has 0 spiro atoms. The van der Waals surface area contributed by atoms with Crippen molar-refractivity contribution in [1.82, 2.24) is 15.0 Å². The summed E-state index contributed by atoms with van der Waals surface area (Å²) in [5.41, 5.74) is 4.13. The number of aromatic nitrogens is 2. The SMILES string of the molecule is C[C@H]1CCc2c(sc3ncn([C@H](C)C(=O)N/N=C/c4ccc(O)cc4)c(=O)c23)C1. The number of carbonyl (C=O) groups excluding carboxylic acids is 1. The van der Waals surface area contributed by atoms with Crippen LogP contribution in [0.25, 0.3) is 10.2 Å². The molecule has 1 aromatic carbocycles. The van der Waals surface area contributed by atoms with E-state index in [4.69, 9.17) is 0 Å². The highest BCUT2D eigenvalue weighted by molar-refractivity contribution is 7.18. The summed E-state index contributed by atoms with van der Waals surface area (Å²) in [5.74, 6) is 0.377. The normalized spacial score (nSPS) is 17.4. The number of amides is 1. The van der Waals surface area contributed by atoms with E-state index in [-0.39, 0.29) is 11.3 Å². The van der Waals surface area contributed by atoms with Crippen LogP contribution in [-0.2, 0) is 17.6 Å². The monoisotopic (exact) mass is 410 g/mol. The third-order valence-corrected chi connectivity index (χ3v) is 6.48. The van der Waals surface area contributed by atoms with Crippen LogP contribution in [0, 0.1) is 5.92 Å². The first-order valence-electron chi connectivity index (χ1n) is 9.57. The lowest BCUT2D eigenvalue weighted by Gasteiger charge is -2.18. The molecular formula is C21H22N4O3S. The highest BCUT2D eigenvalue weighted by Gasteiger charge is 2.25. The van der Waals surface area contributed by atoms with Crippen LogP contribution in [0.4, 0.5) is 0 Å². The number of nitrogens with one attached hydrogen (secondary N) is 1. The number of aryl methyl sites for hydroxylation is 1. The summed E-state index contributed by atoms with van der Waals surface area (Å²) in [4.78, 5) is 32.1. The fourth-order valence-electron chi connectivity index (χ4n) is 3.57. The predicted octanol–water partition coefficient (Wildman–Crippen LogP) is 3.00. The number of hydrazone groups is 1. The zero-order valence-electron chi connectivity index (χ0n) is 16.3. The van der Waals surface area contributed by atoms with Gasteiger partial charge in [-0.2, -0.15) is 5.10 Å². The lowest BCUT2D eigenvalue weighted by Crippen LogP contribution is -2.34. The van der Waals surface area contributed by atoms with Crippen molar-refractivity contribution < 1.29 is 9.90 Å². The molecule has 1 amide bonds. The molecule has 29 heavy (non-hydrogen) atoms. The van der Waals surface area contributed by atoms with Crippen LogP contribution in [0.3, 0.4) is 0 Å². The van der Waals surface area contributed by atoms with Gasteiger partial charge in [0.15, 0.2) is 0 Å². The molecule has 7 nitrogen and oxygen atoms in total. The molecule has 4 rings (SSSR count). The molecule has 2 heterocycles. The molecule has 0 unspecified atom stereocenters. The molecule has 2 atom stereocenters. The molecule has 0 bridgehead atoms. The van der Waals surface area contributed by atoms with Gasteiger partial charge in [0, 0.05) is 4.88 Å². The zero-order valence-corrected chi connectivity index (χ0v) is 17.1. The van der Waals surface area contributed by atoms with Crippen molar-refractivity contribution in [1.29, 1.82) is 0 Å². The van der Waals surface area contributed by atoms with Gasteiger partial charge in [0.2, 0.25) is 0 Å². The van der Waals surface area contributed by atoms with E-state index in [1.807, 2.05) is 0 Å². The minimum atomic E-state index is -0.741. The van der Waals surface area contributed by atoms with Crippen LogP contribution in [0.2, 0.25) is 0 Å². The number of thiophene rings is 1. The van der Waals surface area contributed by atoms with Crippen molar-refractivity contribution in [2.45, 2.75) is 39.2 Å². The van der Waals surface area contributed by atoms with Gasteiger partial charge in [-0.05, 0) is 67.5 Å². The molecule has 2 N–H and O–H groups in total. The summed E-state index contributed by atoms with van der Waals surface area (Å²) >= 11 is 1.59. The minimum Gasteiger partial charge on any atom is -0.508 e. The third-order valence-electron chi connectivity index (χ3n) is 5.32. The summed E-state index contributed by atoms with van der Waals surface area (Å²) < 4.78 is 1.37. The number of phenols is 1. The Labute approximate surface area is 171 Å². The van der Waals surface area contributed by atoms with Crippen molar-refractivity contribution in [3.63, 3.8) is 0 Å². The van der Waals surface area contributed by atoms with E-state index < -0.39 is 11.9 Å². The van der Waals surface area contributed by atoms with Crippen LogP contribution in [0.5, 0.6) is 5.75 Å². The van der Waals surface area contributed by atoms with Gasteiger partial charge >= 0.3 is 0 Å². The van der Waals surface area contributed by atoms with Crippen LogP contribution >= 0.6 is 11.3 Å². The fraction of sp³-hybridized carbons (Fsp3) is 0.333. The average molecular weight is 410 g/mol. The number of phenolic OH excluding ortho intramolecular Hbond substituents is 1. The summed E-state index contributed by atoms with van der Waals surface area (Å²) in [6.07, 6.45) is 5.86. The molecular weight excluding hydrogens is 388 g/mol. The summed E-state index contributed by atoms with van der Waals surface area (Å²) in [6, 6.07) is 5.69. The second kappa shape index (κ2) is 7.79. The molecule has 0 radical (unpaired) electrons. The van der Waals surface area contributed by atoms with Gasteiger partial charge in [0.25, 0.3) is 11.5 Å². The van der Waals surface area contributed by atoms with Crippen LogP contribution in [-0.4, -0.2) is 26.8 Å². The van der Waals surface area contributed by atoms with E-state index in [2.05, 4.69) is 22.4 Å². The Morgan fingerprint density at radius 3 is 2.93 bits per heavy atom. The van der Waals surface area contributed by atoms with Crippen LogP contribution < -0.4 is 11.0 Å². The molecule has 150 valence electrons. The lowest BCUT2D eigenvalue weighted by atomic mass is 9.89. The Kier molecular flexibility index (Phi) is 5.19. The molecule has 2 aromatic heterocycles. The maximum atomic E-state index is 13.1. The highest BCUT2D eigenvalue weighted by atomic mass is 32.1. The first-order valence-corrected chi connectivity index (χ1v) is 10.4. The van der Waals surface area contributed by atoms with E-state index in [1.165, 1.54) is 34.1 Å². The lowest BCUT2D eigenvalue weighted by molar-refractivity contribution is -0.123. The van der Waals surface area contributed by atoms with E-state index in [0.29, 0.717) is 11.3 Å². The number of carbonyl (C=O) groups is 1. The van der Waals surface area contributed by atoms with Gasteiger partial charge in [-0.3, -0.25) is 14.2 Å². The Hall–Kier alpha value is -3.00. The Morgan fingerprint density at radius 2 is 2.17 bits per heavy atom. The van der Waals surface area contributed by atoms with Crippen molar-refractivity contribution in [2.24, 2.45) is 11.0 Å². The Bertz CT molecular complexity index is 1150.